The van der Waals surface area contributed by atoms with Gasteiger partial charge in [-0.25, -0.2) is 4.79 Å². The molecule has 1 aromatic carbocycles. The molecule has 1 aromatic rings. The molecule has 0 bridgehead atoms. The van der Waals surface area contributed by atoms with Crippen molar-refractivity contribution < 1.29 is 9.53 Å². The zero-order chi connectivity index (χ0) is 10.4. The smallest absolute Gasteiger partial charge is 0.338 e. The van der Waals surface area contributed by atoms with Crippen molar-refractivity contribution in [1.29, 1.82) is 0 Å². The van der Waals surface area contributed by atoms with Gasteiger partial charge >= 0.3 is 5.97 Å². The lowest BCUT2D eigenvalue weighted by Gasteiger charge is -2.05. The van der Waals surface area contributed by atoms with E-state index in [0.29, 0.717) is 18.6 Å². The molecule has 0 radical (unpaired) electrons. The number of benzene rings is 1. The largest absolute Gasteiger partial charge is 0.462 e. The minimum Gasteiger partial charge on any atom is -0.462 e. The molecule has 14 heavy (non-hydrogen) atoms. The summed E-state index contributed by atoms with van der Waals surface area (Å²) in [7, 11) is 0. The van der Waals surface area contributed by atoms with Crippen LogP contribution in [-0.2, 0) is 4.74 Å². The molecular formula is C12H14O2. The number of hydrogen-bond acceptors (Lipinski definition) is 2. The van der Waals surface area contributed by atoms with Gasteiger partial charge in [-0.15, -0.1) is 6.58 Å². The van der Waals surface area contributed by atoms with Gasteiger partial charge < -0.3 is 4.74 Å². The summed E-state index contributed by atoms with van der Waals surface area (Å²) in [4.78, 5) is 11.5. The molecule has 0 saturated carbocycles. The molecule has 0 aliphatic carbocycles. The summed E-state index contributed by atoms with van der Waals surface area (Å²) in [6.45, 7) is 5.85. The molecule has 1 rings (SSSR count). The lowest BCUT2D eigenvalue weighted by Crippen LogP contribution is -2.07. The topological polar surface area (TPSA) is 26.3 Å². The Kier molecular flexibility index (Phi) is 3.92. The summed E-state index contributed by atoms with van der Waals surface area (Å²) < 4.78 is 5.04. The van der Waals surface area contributed by atoms with Crippen LogP contribution in [0.3, 0.4) is 0 Å². The molecule has 0 heterocycles. The summed E-state index contributed by atoms with van der Waals surface area (Å²) in [6.07, 6.45) is 2.42. The first kappa shape index (κ1) is 10.5. The predicted octanol–water partition coefficient (Wildman–Crippen LogP) is 2.73. The second-order valence-corrected chi connectivity index (χ2v) is 3.03. The van der Waals surface area contributed by atoms with E-state index in [1.165, 1.54) is 0 Å². The molecule has 2 heteroatoms. The van der Waals surface area contributed by atoms with Crippen molar-refractivity contribution in [2.24, 2.45) is 0 Å². The van der Waals surface area contributed by atoms with Gasteiger partial charge in [-0.1, -0.05) is 24.3 Å². The number of carbonyl (C=O) groups is 1. The Morgan fingerprint density at radius 3 is 2.86 bits per heavy atom. The van der Waals surface area contributed by atoms with E-state index in [9.17, 15) is 4.79 Å². The minimum atomic E-state index is -0.259. The molecule has 0 aromatic heterocycles. The summed E-state index contributed by atoms with van der Waals surface area (Å²) in [6, 6.07) is 7.39. The highest BCUT2D eigenvalue weighted by molar-refractivity contribution is 5.90. The van der Waals surface area contributed by atoms with Gasteiger partial charge in [-0.2, -0.15) is 0 Å². The Hall–Kier alpha value is -1.57. The third kappa shape index (κ3) is 2.73. The van der Waals surface area contributed by atoms with Crippen molar-refractivity contribution in [3.8, 4) is 0 Å². The van der Waals surface area contributed by atoms with Crippen LogP contribution in [0.5, 0.6) is 0 Å². The Morgan fingerprint density at radius 2 is 2.21 bits per heavy atom. The van der Waals surface area contributed by atoms with Crippen LogP contribution in [0.2, 0.25) is 0 Å². The van der Waals surface area contributed by atoms with Crippen LogP contribution in [0.1, 0.15) is 22.3 Å². The molecule has 0 atom stereocenters. The number of hydrogen-bond donors (Lipinski definition) is 0. The van der Waals surface area contributed by atoms with Gasteiger partial charge in [0.1, 0.15) is 0 Å². The average molecular weight is 190 g/mol. The van der Waals surface area contributed by atoms with Gasteiger partial charge in [0, 0.05) is 0 Å². The van der Waals surface area contributed by atoms with E-state index in [1.54, 1.807) is 12.1 Å². The highest BCUT2D eigenvalue weighted by Gasteiger charge is 2.08. The zero-order valence-electron chi connectivity index (χ0n) is 8.32. The molecule has 0 aliphatic rings. The van der Waals surface area contributed by atoms with Crippen molar-refractivity contribution in [2.45, 2.75) is 13.3 Å². The predicted molar refractivity (Wildman–Crippen MR) is 56.3 cm³/mol. The van der Waals surface area contributed by atoms with Gasteiger partial charge in [0.25, 0.3) is 0 Å². The molecule has 0 saturated heterocycles. The summed E-state index contributed by atoms with van der Waals surface area (Å²) in [5.41, 5.74) is 1.58. The van der Waals surface area contributed by atoms with Gasteiger partial charge in [0.05, 0.1) is 12.2 Å². The van der Waals surface area contributed by atoms with E-state index in [4.69, 9.17) is 4.74 Å². The molecule has 0 aliphatic heterocycles. The van der Waals surface area contributed by atoms with E-state index in [-0.39, 0.29) is 5.97 Å². The zero-order valence-corrected chi connectivity index (χ0v) is 8.32. The fraction of sp³-hybridized carbons (Fsp3) is 0.250. The number of esters is 1. The maximum absolute atomic E-state index is 11.5. The van der Waals surface area contributed by atoms with Crippen LogP contribution in [0.25, 0.3) is 0 Å². The molecular weight excluding hydrogens is 176 g/mol. The minimum absolute atomic E-state index is 0.259. The Bertz CT molecular complexity index is 329. The Morgan fingerprint density at radius 1 is 1.50 bits per heavy atom. The molecule has 0 fully saturated rings. The number of rotatable bonds is 4. The highest BCUT2D eigenvalue weighted by atomic mass is 16.5. The summed E-state index contributed by atoms with van der Waals surface area (Å²) in [5.74, 6) is -0.259. The first-order chi connectivity index (χ1) is 6.75. The third-order valence-electron chi connectivity index (χ3n) is 1.92. The lowest BCUT2D eigenvalue weighted by molar-refractivity contribution is 0.0511. The molecule has 0 spiro atoms. The average Bonchev–Trinajstić information content (AvgIpc) is 2.18. The Labute approximate surface area is 84.2 Å². The fourth-order valence-corrected chi connectivity index (χ4v) is 1.11. The normalized spacial score (nSPS) is 9.50. The van der Waals surface area contributed by atoms with Crippen LogP contribution < -0.4 is 0 Å². The molecule has 0 unspecified atom stereocenters. The number of carbonyl (C=O) groups excluding carboxylic acids is 1. The van der Waals surface area contributed by atoms with Crippen molar-refractivity contribution >= 4 is 5.97 Å². The lowest BCUT2D eigenvalue weighted by atomic mass is 10.1. The standard InChI is InChI=1S/C12H14O2/c1-3-4-9-14-12(13)11-8-6-5-7-10(11)2/h3,5-8H,1,4,9H2,2H3. The monoisotopic (exact) mass is 190 g/mol. The van der Waals surface area contributed by atoms with E-state index in [0.717, 1.165) is 5.56 Å². The fourth-order valence-electron chi connectivity index (χ4n) is 1.11. The van der Waals surface area contributed by atoms with Crippen molar-refractivity contribution in [1.82, 2.24) is 0 Å². The van der Waals surface area contributed by atoms with Crippen LogP contribution >= 0.6 is 0 Å². The molecule has 0 N–H and O–H groups in total. The highest BCUT2D eigenvalue weighted by Crippen LogP contribution is 2.08. The SMILES string of the molecule is C=CCCOC(=O)c1ccccc1C. The molecule has 74 valence electrons. The molecule has 0 amide bonds. The van der Waals surface area contributed by atoms with Crippen LogP contribution in [0.15, 0.2) is 36.9 Å². The van der Waals surface area contributed by atoms with E-state index in [1.807, 2.05) is 25.1 Å². The van der Waals surface area contributed by atoms with Crippen molar-refractivity contribution in [3.63, 3.8) is 0 Å². The third-order valence-corrected chi connectivity index (χ3v) is 1.92. The maximum atomic E-state index is 11.5. The summed E-state index contributed by atoms with van der Waals surface area (Å²) in [5, 5.41) is 0. The van der Waals surface area contributed by atoms with Gasteiger partial charge in [0.15, 0.2) is 0 Å². The number of ether oxygens (including phenoxy) is 1. The number of aryl methyl sites for hydroxylation is 1. The van der Waals surface area contributed by atoms with Gasteiger partial charge in [0.2, 0.25) is 0 Å². The van der Waals surface area contributed by atoms with Gasteiger partial charge in [-0.3, -0.25) is 0 Å². The van der Waals surface area contributed by atoms with E-state index < -0.39 is 0 Å². The van der Waals surface area contributed by atoms with Crippen LogP contribution in [0.4, 0.5) is 0 Å². The summed E-state index contributed by atoms with van der Waals surface area (Å²) >= 11 is 0. The van der Waals surface area contributed by atoms with Crippen LogP contribution in [-0.4, -0.2) is 12.6 Å². The van der Waals surface area contributed by atoms with Gasteiger partial charge in [-0.05, 0) is 25.0 Å². The Balaban J connectivity index is 2.60. The van der Waals surface area contributed by atoms with Crippen molar-refractivity contribution in [2.75, 3.05) is 6.61 Å². The van der Waals surface area contributed by atoms with Crippen molar-refractivity contribution in [3.05, 3.63) is 48.0 Å². The van der Waals surface area contributed by atoms with E-state index >= 15 is 0 Å². The maximum Gasteiger partial charge on any atom is 0.338 e. The van der Waals surface area contributed by atoms with Crippen LogP contribution in [0, 0.1) is 6.92 Å². The first-order valence-electron chi connectivity index (χ1n) is 4.59. The van der Waals surface area contributed by atoms with E-state index in [2.05, 4.69) is 6.58 Å². The second-order valence-electron chi connectivity index (χ2n) is 3.03. The second kappa shape index (κ2) is 5.22. The molecule has 2 nitrogen and oxygen atoms in total. The first-order valence-corrected chi connectivity index (χ1v) is 4.59. The quantitative estimate of drug-likeness (QED) is 0.414.